The lowest BCUT2D eigenvalue weighted by Gasteiger charge is -2.48. The SMILES string of the molecule is CCOC(=O)C1(C2CCCCC2)CCN(C(=O)[C@@H](Cc2ccc(F)cc2)NC(=O)[C@@H]2C[C@H]3CC[C@@H]2N(C)C3)CC1. The summed E-state index contributed by atoms with van der Waals surface area (Å²) in [6.07, 6.45) is 10.1. The summed E-state index contributed by atoms with van der Waals surface area (Å²) in [4.78, 5) is 45.0. The summed E-state index contributed by atoms with van der Waals surface area (Å²) in [5, 5.41) is 3.14. The third kappa shape index (κ3) is 6.07. The molecule has 4 atom stereocenters. The highest BCUT2D eigenvalue weighted by atomic mass is 19.1. The number of likely N-dealkylation sites (tertiary alicyclic amines) is 1. The van der Waals surface area contributed by atoms with E-state index < -0.39 is 11.5 Å². The number of esters is 1. The van der Waals surface area contributed by atoms with Crippen molar-refractivity contribution in [2.45, 2.75) is 89.6 Å². The van der Waals surface area contributed by atoms with Crippen molar-refractivity contribution < 1.29 is 23.5 Å². The number of hydrogen-bond donors (Lipinski definition) is 1. The van der Waals surface area contributed by atoms with Crippen molar-refractivity contribution in [2.75, 3.05) is 33.3 Å². The number of hydrogen-bond acceptors (Lipinski definition) is 5. The zero-order chi connectivity index (χ0) is 28.3. The predicted octanol–water partition coefficient (Wildman–Crippen LogP) is 4.34. The van der Waals surface area contributed by atoms with E-state index in [-0.39, 0.29) is 35.6 Å². The molecule has 1 aromatic carbocycles. The van der Waals surface area contributed by atoms with E-state index >= 15 is 0 Å². The lowest BCUT2D eigenvalue weighted by atomic mass is 9.63. The highest BCUT2D eigenvalue weighted by Gasteiger charge is 2.50. The quantitative estimate of drug-likeness (QED) is 0.483. The van der Waals surface area contributed by atoms with Gasteiger partial charge in [0.15, 0.2) is 0 Å². The van der Waals surface area contributed by atoms with Crippen LogP contribution in [0, 0.1) is 29.0 Å². The van der Waals surface area contributed by atoms with Gasteiger partial charge in [0.1, 0.15) is 11.9 Å². The molecule has 0 aromatic heterocycles. The number of rotatable bonds is 8. The van der Waals surface area contributed by atoms with Crippen LogP contribution in [0.5, 0.6) is 0 Å². The lowest BCUT2D eigenvalue weighted by molar-refractivity contribution is -0.166. The first-order valence-corrected chi connectivity index (χ1v) is 15.5. The van der Waals surface area contributed by atoms with Crippen LogP contribution in [-0.4, -0.2) is 73.0 Å². The van der Waals surface area contributed by atoms with E-state index in [1.54, 1.807) is 12.1 Å². The predicted molar refractivity (Wildman–Crippen MR) is 151 cm³/mol. The largest absolute Gasteiger partial charge is 0.466 e. The number of fused-ring (bicyclic) bond motifs is 3. The Kier molecular flexibility index (Phi) is 9.13. The van der Waals surface area contributed by atoms with Crippen LogP contribution in [-0.2, 0) is 25.5 Å². The highest BCUT2D eigenvalue weighted by Crippen LogP contribution is 2.47. The Morgan fingerprint density at radius 2 is 1.75 bits per heavy atom. The van der Waals surface area contributed by atoms with Crippen molar-refractivity contribution in [3.63, 3.8) is 0 Å². The van der Waals surface area contributed by atoms with E-state index in [1.165, 1.54) is 18.6 Å². The molecule has 2 amide bonds. The first-order chi connectivity index (χ1) is 19.3. The monoisotopic (exact) mass is 555 g/mol. The number of carbonyl (C=O) groups is 3. The van der Waals surface area contributed by atoms with Crippen LogP contribution in [0.3, 0.4) is 0 Å². The van der Waals surface area contributed by atoms with Gasteiger partial charge in [0.2, 0.25) is 11.8 Å². The van der Waals surface area contributed by atoms with Crippen molar-refractivity contribution >= 4 is 17.8 Å². The Labute approximate surface area is 238 Å². The number of amides is 2. The molecule has 8 heteroatoms. The van der Waals surface area contributed by atoms with Crippen molar-refractivity contribution in [3.8, 4) is 0 Å². The molecule has 2 saturated carbocycles. The molecule has 6 rings (SSSR count). The summed E-state index contributed by atoms with van der Waals surface area (Å²) < 4.78 is 19.2. The number of ether oxygens (including phenoxy) is 1. The van der Waals surface area contributed by atoms with Crippen LogP contribution in [0.25, 0.3) is 0 Å². The van der Waals surface area contributed by atoms with Crippen molar-refractivity contribution in [1.82, 2.24) is 15.1 Å². The van der Waals surface area contributed by atoms with Gasteiger partial charge < -0.3 is 19.9 Å². The van der Waals surface area contributed by atoms with E-state index in [0.717, 1.165) is 57.1 Å². The molecule has 2 bridgehead atoms. The van der Waals surface area contributed by atoms with Crippen LogP contribution >= 0.6 is 0 Å². The molecule has 5 fully saturated rings. The molecule has 1 aromatic rings. The Hall–Kier alpha value is -2.48. The van der Waals surface area contributed by atoms with Crippen LogP contribution in [0.2, 0.25) is 0 Å². The molecule has 0 radical (unpaired) electrons. The second-order valence-electron chi connectivity index (χ2n) is 12.7. The van der Waals surface area contributed by atoms with E-state index in [9.17, 15) is 18.8 Å². The summed E-state index contributed by atoms with van der Waals surface area (Å²) in [6, 6.07) is 5.64. The summed E-state index contributed by atoms with van der Waals surface area (Å²) in [6.45, 7) is 4.19. The minimum absolute atomic E-state index is 0.0539. The molecule has 3 aliphatic heterocycles. The standard InChI is InChI=1S/C32H46FN3O4/c1-3-40-31(39)32(24-7-5-4-6-8-24)15-17-36(18-16-32)30(38)27(20-22-9-12-25(33)13-10-22)34-29(37)26-19-23-11-14-28(26)35(2)21-23/h9-10,12-13,23-24,26-28H,3-8,11,14-21H2,1-2H3,(H,34,37)/t23-,26-,27-,28+/m1/s1. The Morgan fingerprint density at radius 3 is 2.38 bits per heavy atom. The Morgan fingerprint density at radius 1 is 1.05 bits per heavy atom. The molecular weight excluding hydrogens is 509 g/mol. The third-order valence-corrected chi connectivity index (χ3v) is 10.4. The molecule has 0 unspecified atom stereocenters. The molecular formula is C32H46FN3O4. The number of benzene rings is 1. The number of halogens is 1. The van der Waals surface area contributed by atoms with Gasteiger partial charge in [0.05, 0.1) is 17.9 Å². The Bertz CT molecular complexity index is 1050. The fourth-order valence-corrected chi connectivity index (χ4v) is 8.15. The van der Waals surface area contributed by atoms with Crippen LogP contribution in [0.15, 0.2) is 24.3 Å². The van der Waals surface area contributed by atoms with Crippen molar-refractivity contribution in [1.29, 1.82) is 0 Å². The number of nitrogens with one attached hydrogen (secondary N) is 1. The molecule has 40 heavy (non-hydrogen) atoms. The average molecular weight is 556 g/mol. The number of nitrogens with zero attached hydrogens (tertiary/aromatic N) is 2. The maximum Gasteiger partial charge on any atom is 0.312 e. The summed E-state index contributed by atoms with van der Waals surface area (Å²) in [5.74, 6) is 0.0912. The molecule has 3 heterocycles. The maximum atomic E-state index is 14.0. The van der Waals surface area contributed by atoms with Gasteiger partial charge in [0, 0.05) is 32.1 Å². The second kappa shape index (κ2) is 12.6. The molecule has 2 aliphatic carbocycles. The van der Waals surface area contributed by atoms with Crippen LogP contribution in [0.1, 0.15) is 76.7 Å². The number of carbonyl (C=O) groups excluding carboxylic acids is 3. The van der Waals surface area contributed by atoms with Gasteiger partial charge in [-0.25, -0.2) is 4.39 Å². The highest BCUT2D eigenvalue weighted by molar-refractivity contribution is 5.89. The minimum atomic E-state index is -0.728. The summed E-state index contributed by atoms with van der Waals surface area (Å²) >= 11 is 0. The van der Waals surface area contributed by atoms with E-state index in [4.69, 9.17) is 4.74 Å². The van der Waals surface area contributed by atoms with E-state index in [2.05, 4.69) is 17.3 Å². The van der Waals surface area contributed by atoms with Crippen molar-refractivity contribution in [3.05, 3.63) is 35.6 Å². The fraction of sp³-hybridized carbons (Fsp3) is 0.719. The topological polar surface area (TPSA) is 79.0 Å². The zero-order valence-electron chi connectivity index (χ0n) is 24.2. The van der Waals surface area contributed by atoms with Gasteiger partial charge in [-0.1, -0.05) is 31.4 Å². The third-order valence-electron chi connectivity index (χ3n) is 10.4. The average Bonchev–Trinajstić information content (AvgIpc) is 2.98. The van der Waals surface area contributed by atoms with Crippen LogP contribution in [0.4, 0.5) is 4.39 Å². The first kappa shape index (κ1) is 29.0. The maximum absolute atomic E-state index is 14.0. The van der Waals surface area contributed by atoms with Crippen LogP contribution < -0.4 is 5.32 Å². The summed E-state index contributed by atoms with van der Waals surface area (Å²) in [5.41, 5.74) is 0.275. The lowest BCUT2D eigenvalue weighted by Crippen LogP contribution is -2.59. The molecule has 1 N–H and O–H groups in total. The van der Waals surface area contributed by atoms with E-state index in [1.807, 2.05) is 11.8 Å². The second-order valence-corrected chi connectivity index (χ2v) is 12.7. The molecule has 0 spiro atoms. The molecule has 3 saturated heterocycles. The van der Waals surface area contributed by atoms with Gasteiger partial charge in [-0.2, -0.15) is 0 Å². The summed E-state index contributed by atoms with van der Waals surface area (Å²) in [7, 11) is 2.09. The minimum Gasteiger partial charge on any atom is -0.466 e. The molecule has 7 nitrogen and oxygen atoms in total. The molecule has 220 valence electrons. The van der Waals surface area contributed by atoms with Gasteiger partial charge in [0.25, 0.3) is 0 Å². The normalized spacial score (nSPS) is 27.7. The van der Waals surface area contributed by atoms with Gasteiger partial charge in [-0.05, 0) is 88.4 Å². The van der Waals surface area contributed by atoms with Gasteiger partial charge in [-0.3, -0.25) is 14.4 Å². The van der Waals surface area contributed by atoms with Gasteiger partial charge in [-0.15, -0.1) is 0 Å². The van der Waals surface area contributed by atoms with Crippen molar-refractivity contribution in [2.24, 2.45) is 23.2 Å². The smallest absolute Gasteiger partial charge is 0.312 e. The number of piperidine rings is 3. The van der Waals surface area contributed by atoms with E-state index in [0.29, 0.717) is 50.8 Å². The zero-order valence-corrected chi connectivity index (χ0v) is 24.2. The fourth-order valence-electron chi connectivity index (χ4n) is 8.15. The molecule has 5 aliphatic rings. The Balaban J connectivity index is 1.31. The van der Waals surface area contributed by atoms with Gasteiger partial charge >= 0.3 is 5.97 Å². The first-order valence-electron chi connectivity index (χ1n) is 15.5.